The van der Waals surface area contributed by atoms with Crippen molar-refractivity contribution in [1.29, 1.82) is 0 Å². The number of aromatic nitrogens is 2. The summed E-state index contributed by atoms with van der Waals surface area (Å²) in [5, 5.41) is 0. The number of hydrogen-bond donors (Lipinski definition) is 2. The molecule has 2 aromatic rings. The molecule has 4 atom stereocenters. The van der Waals surface area contributed by atoms with Crippen molar-refractivity contribution >= 4 is 11.8 Å². The van der Waals surface area contributed by atoms with E-state index >= 15 is 0 Å². The van der Waals surface area contributed by atoms with Crippen LogP contribution in [0.25, 0.3) is 0 Å². The Kier molecular flexibility index (Phi) is 6.73. The number of rotatable bonds is 8. The number of nitrogens with zero attached hydrogens (tertiary/aromatic N) is 2. The Hall–Kier alpha value is -2.63. The maximum absolute atomic E-state index is 12.6. The molecule has 6 nitrogen and oxygen atoms in total. The van der Waals surface area contributed by atoms with Crippen LogP contribution in [0.2, 0.25) is 0 Å². The molecular weight excluding hydrogens is 388 g/mol. The zero-order chi connectivity index (χ0) is 21.8. The van der Waals surface area contributed by atoms with Crippen LogP contribution in [0.15, 0.2) is 36.5 Å². The predicted molar refractivity (Wildman–Crippen MR) is 120 cm³/mol. The summed E-state index contributed by atoms with van der Waals surface area (Å²) in [6, 6.07) is 10.5. The number of nitrogens with two attached hydrogens (primary N) is 1. The number of amides is 2. The quantitative estimate of drug-likeness (QED) is 0.679. The highest BCUT2D eigenvalue weighted by Gasteiger charge is 2.36. The van der Waals surface area contributed by atoms with Crippen molar-refractivity contribution in [2.24, 2.45) is 23.5 Å². The molecule has 1 aromatic carbocycles. The molecule has 1 saturated carbocycles. The van der Waals surface area contributed by atoms with Crippen LogP contribution >= 0.6 is 0 Å². The Labute approximate surface area is 184 Å². The maximum atomic E-state index is 12.6. The SMILES string of the molecule is Cc1ncc(C[C@H]2C[C@@H](CC(N)=O)C[C@@H](C[C@@H]3CCC(=O)N3Cc3ccccc3)C2)[nH]1. The number of carbonyl (C=O) groups excluding carboxylic acids is 2. The topological polar surface area (TPSA) is 92.1 Å². The van der Waals surface area contributed by atoms with Crippen molar-refractivity contribution in [3.05, 3.63) is 53.6 Å². The van der Waals surface area contributed by atoms with E-state index < -0.39 is 0 Å². The van der Waals surface area contributed by atoms with Gasteiger partial charge < -0.3 is 15.6 Å². The van der Waals surface area contributed by atoms with Gasteiger partial charge in [0.2, 0.25) is 11.8 Å². The zero-order valence-electron chi connectivity index (χ0n) is 18.4. The molecule has 2 fully saturated rings. The fraction of sp³-hybridized carbons (Fsp3) is 0.560. The van der Waals surface area contributed by atoms with E-state index in [0.29, 0.717) is 43.2 Å². The van der Waals surface area contributed by atoms with Gasteiger partial charge in [-0.15, -0.1) is 0 Å². The number of benzene rings is 1. The molecule has 2 amide bonds. The average molecular weight is 423 g/mol. The molecule has 3 N–H and O–H groups in total. The van der Waals surface area contributed by atoms with E-state index in [2.05, 4.69) is 27.0 Å². The highest BCUT2D eigenvalue weighted by molar-refractivity contribution is 5.78. The average Bonchev–Trinajstić information content (AvgIpc) is 3.28. The van der Waals surface area contributed by atoms with Gasteiger partial charge in [0.15, 0.2) is 0 Å². The maximum Gasteiger partial charge on any atom is 0.223 e. The minimum atomic E-state index is -0.205. The van der Waals surface area contributed by atoms with Crippen LogP contribution in [0.4, 0.5) is 0 Å². The van der Waals surface area contributed by atoms with Crippen molar-refractivity contribution in [1.82, 2.24) is 14.9 Å². The van der Waals surface area contributed by atoms with Crippen LogP contribution in [0.1, 0.15) is 62.0 Å². The molecule has 0 radical (unpaired) electrons. The summed E-state index contributed by atoms with van der Waals surface area (Å²) in [6.07, 6.45) is 9.16. The second-order valence-electron chi connectivity index (χ2n) is 9.61. The molecule has 0 unspecified atom stereocenters. The van der Waals surface area contributed by atoms with Gasteiger partial charge in [-0.05, 0) is 68.8 Å². The normalized spacial score (nSPS) is 26.4. The van der Waals surface area contributed by atoms with Crippen LogP contribution in [0.5, 0.6) is 0 Å². The van der Waals surface area contributed by atoms with Crippen LogP contribution < -0.4 is 5.73 Å². The lowest BCUT2D eigenvalue weighted by Crippen LogP contribution is -2.36. The Morgan fingerprint density at radius 3 is 2.61 bits per heavy atom. The number of carbonyl (C=O) groups is 2. The van der Waals surface area contributed by atoms with Gasteiger partial charge in [0.25, 0.3) is 0 Å². The van der Waals surface area contributed by atoms with E-state index in [1.165, 1.54) is 11.3 Å². The summed E-state index contributed by atoms with van der Waals surface area (Å²) in [5.74, 6) is 2.37. The summed E-state index contributed by atoms with van der Waals surface area (Å²) in [6.45, 7) is 2.67. The summed E-state index contributed by atoms with van der Waals surface area (Å²) in [4.78, 5) is 34.0. The molecule has 2 heterocycles. The fourth-order valence-corrected chi connectivity index (χ4v) is 5.82. The molecule has 0 bridgehead atoms. The van der Waals surface area contributed by atoms with Gasteiger partial charge in [-0.1, -0.05) is 30.3 Å². The monoisotopic (exact) mass is 422 g/mol. The van der Waals surface area contributed by atoms with Crippen molar-refractivity contribution in [2.75, 3.05) is 0 Å². The van der Waals surface area contributed by atoms with E-state index in [4.69, 9.17) is 5.73 Å². The summed E-state index contributed by atoms with van der Waals surface area (Å²) >= 11 is 0. The first kappa shape index (κ1) is 21.6. The van der Waals surface area contributed by atoms with Crippen LogP contribution in [0, 0.1) is 24.7 Å². The van der Waals surface area contributed by atoms with Crippen LogP contribution in [-0.2, 0) is 22.6 Å². The van der Waals surface area contributed by atoms with Gasteiger partial charge in [-0.25, -0.2) is 4.98 Å². The molecule has 0 spiro atoms. The molecule has 1 aliphatic heterocycles. The van der Waals surface area contributed by atoms with Gasteiger partial charge in [-0.2, -0.15) is 0 Å². The second-order valence-corrected chi connectivity index (χ2v) is 9.61. The molecule has 31 heavy (non-hydrogen) atoms. The highest BCUT2D eigenvalue weighted by Crippen LogP contribution is 2.40. The Bertz CT molecular complexity index is 894. The third-order valence-electron chi connectivity index (χ3n) is 7.01. The Balaban J connectivity index is 1.43. The molecule has 1 aliphatic carbocycles. The smallest absolute Gasteiger partial charge is 0.223 e. The van der Waals surface area contributed by atoms with E-state index in [1.54, 1.807) is 0 Å². The van der Waals surface area contributed by atoms with E-state index in [0.717, 1.165) is 44.3 Å². The number of imidazole rings is 1. The molecule has 166 valence electrons. The lowest BCUT2D eigenvalue weighted by molar-refractivity contribution is -0.129. The van der Waals surface area contributed by atoms with Gasteiger partial charge in [0.1, 0.15) is 5.82 Å². The molecule has 6 heteroatoms. The molecule has 4 rings (SSSR count). The Morgan fingerprint density at radius 1 is 1.16 bits per heavy atom. The number of nitrogens with one attached hydrogen (secondary N) is 1. The van der Waals surface area contributed by atoms with Crippen LogP contribution in [0.3, 0.4) is 0 Å². The van der Waals surface area contributed by atoms with E-state index in [9.17, 15) is 9.59 Å². The highest BCUT2D eigenvalue weighted by atomic mass is 16.2. The first-order valence-corrected chi connectivity index (χ1v) is 11.6. The van der Waals surface area contributed by atoms with Crippen molar-refractivity contribution in [3.63, 3.8) is 0 Å². The van der Waals surface area contributed by atoms with E-state index in [-0.39, 0.29) is 11.8 Å². The van der Waals surface area contributed by atoms with Crippen molar-refractivity contribution in [3.8, 4) is 0 Å². The number of aromatic amines is 1. The lowest BCUT2D eigenvalue weighted by atomic mass is 9.70. The summed E-state index contributed by atoms with van der Waals surface area (Å²) < 4.78 is 0. The van der Waals surface area contributed by atoms with Gasteiger partial charge in [-0.3, -0.25) is 9.59 Å². The largest absolute Gasteiger partial charge is 0.370 e. The standard InChI is InChI=1S/C25H34N4O2/c1-17-27-15-22(28-17)12-19-9-20(11-21(10-19)14-24(26)30)13-23-7-8-25(31)29(23)16-18-5-3-2-4-6-18/h2-6,15,19-21,23H,7-14,16H2,1H3,(H2,26,30)(H,27,28)/t19-,20+,21-,23+/m1/s1. The van der Waals surface area contributed by atoms with Gasteiger partial charge >= 0.3 is 0 Å². The number of hydrogen-bond acceptors (Lipinski definition) is 3. The second kappa shape index (κ2) is 9.67. The third kappa shape index (κ3) is 5.75. The minimum absolute atomic E-state index is 0.205. The summed E-state index contributed by atoms with van der Waals surface area (Å²) in [5.41, 5.74) is 7.91. The van der Waals surface area contributed by atoms with Gasteiger partial charge in [0.05, 0.1) is 0 Å². The number of likely N-dealkylation sites (tertiary alicyclic amines) is 1. The molecule has 1 saturated heterocycles. The number of primary amides is 1. The molecular formula is C25H34N4O2. The Morgan fingerprint density at radius 2 is 1.90 bits per heavy atom. The number of aryl methyl sites for hydroxylation is 1. The van der Waals surface area contributed by atoms with Crippen molar-refractivity contribution in [2.45, 2.75) is 70.9 Å². The first-order chi connectivity index (χ1) is 15.0. The summed E-state index contributed by atoms with van der Waals surface area (Å²) in [7, 11) is 0. The van der Waals surface area contributed by atoms with Gasteiger partial charge in [0, 0.05) is 37.3 Å². The fourth-order valence-electron chi connectivity index (χ4n) is 5.82. The molecule has 2 aliphatic rings. The van der Waals surface area contributed by atoms with Crippen LogP contribution in [-0.4, -0.2) is 32.7 Å². The third-order valence-corrected chi connectivity index (χ3v) is 7.01. The minimum Gasteiger partial charge on any atom is -0.370 e. The predicted octanol–water partition coefficient (Wildman–Crippen LogP) is 3.75. The lowest BCUT2D eigenvalue weighted by Gasteiger charge is -2.37. The zero-order valence-corrected chi connectivity index (χ0v) is 18.4. The van der Waals surface area contributed by atoms with Crippen molar-refractivity contribution < 1.29 is 9.59 Å². The molecule has 1 aromatic heterocycles. The van der Waals surface area contributed by atoms with E-state index in [1.807, 2.05) is 31.3 Å². The first-order valence-electron chi connectivity index (χ1n) is 11.6. The number of H-pyrrole nitrogens is 1.